The quantitative estimate of drug-likeness (QED) is 0.603. The molecule has 1 N–H and O–H groups in total. The molecule has 2 aromatic carbocycles. The number of amides is 2. The number of carbonyl (C=O) groups excluding carboxylic acids is 3. The molecular weight excluding hydrogens is 460 g/mol. The third-order valence-electron chi connectivity index (χ3n) is 4.79. The number of nitrogens with zero attached hydrogens (tertiary/aromatic N) is 1. The van der Waals surface area contributed by atoms with E-state index in [1.165, 1.54) is 35.7 Å². The van der Waals surface area contributed by atoms with Crippen molar-refractivity contribution in [1.29, 1.82) is 0 Å². The van der Waals surface area contributed by atoms with Crippen molar-refractivity contribution in [2.45, 2.75) is 17.7 Å². The Kier molecular flexibility index (Phi) is 7.49. The highest BCUT2D eigenvalue weighted by Gasteiger charge is 2.30. The topological polar surface area (TPSA) is 119 Å². The van der Waals surface area contributed by atoms with Gasteiger partial charge in [0.2, 0.25) is 10.0 Å². The van der Waals surface area contributed by atoms with E-state index in [0.717, 1.165) is 18.9 Å². The summed E-state index contributed by atoms with van der Waals surface area (Å²) >= 11 is 6.06. The second-order valence-electron chi connectivity index (χ2n) is 6.94. The molecule has 0 saturated carbocycles. The Morgan fingerprint density at radius 1 is 1.03 bits per heavy atom. The molecule has 1 aliphatic rings. The average Bonchev–Trinajstić information content (AvgIpc) is 3.33. The monoisotopic (exact) mass is 480 g/mol. The Bertz CT molecular complexity index is 1130. The predicted octanol–water partition coefficient (Wildman–Crippen LogP) is 2.25. The maximum absolute atomic E-state index is 12.8. The Morgan fingerprint density at radius 2 is 1.66 bits per heavy atom. The second kappa shape index (κ2) is 10.1. The van der Waals surface area contributed by atoms with Gasteiger partial charge in [0.1, 0.15) is 10.6 Å². The molecule has 32 heavy (non-hydrogen) atoms. The number of esters is 1. The van der Waals surface area contributed by atoms with Crippen LogP contribution < -0.4 is 10.1 Å². The van der Waals surface area contributed by atoms with Crippen LogP contribution in [0.1, 0.15) is 33.6 Å². The summed E-state index contributed by atoms with van der Waals surface area (Å²) in [5.41, 5.74) is 0.140. The maximum Gasteiger partial charge on any atom is 0.338 e. The smallest absolute Gasteiger partial charge is 0.338 e. The molecule has 1 saturated heterocycles. The lowest BCUT2D eigenvalue weighted by Crippen LogP contribution is -2.34. The lowest BCUT2D eigenvalue weighted by atomic mass is 10.2. The van der Waals surface area contributed by atoms with Crippen LogP contribution in [0.2, 0.25) is 5.02 Å². The summed E-state index contributed by atoms with van der Waals surface area (Å²) in [4.78, 5) is 36.2. The third-order valence-corrected chi connectivity index (χ3v) is 7.17. The van der Waals surface area contributed by atoms with E-state index < -0.39 is 34.4 Å². The molecule has 1 aliphatic heterocycles. The first-order chi connectivity index (χ1) is 15.2. The molecule has 0 radical (unpaired) electrons. The molecule has 1 heterocycles. The summed E-state index contributed by atoms with van der Waals surface area (Å²) in [6, 6.07) is 9.79. The molecule has 2 amide bonds. The highest BCUT2D eigenvalue weighted by atomic mass is 35.5. The molecule has 9 nitrogen and oxygen atoms in total. The Hall–Kier alpha value is -2.95. The van der Waals surface area contributed by atoms with E-state index >= 15 is 0 Å². The zero-order valence-electron chi connectivity index (χ0n) is 17.2. The van der Waals surface area contributed by atoms with Crippen LogP contribution in [0.3, 0.4) is 0 Å². The summed E-state index contributed by atoms with van der Waals surface area (Å²) in [5.74, 6) is -1.88. The fourth-order valence-electron chi connectivity index (χ4n) is 3.09. The van der Waals surface area contributed by atoms with Crippen molar-refractivity contribution < 1.29 is 32.3 Å². The molecule has 2 aromatic rings. The van der Waals surface area contributed by atoms with Crippen LogP contribution in [-0.4, -0.2) is 57.3 Å². The van der Waals surface area contributed by atoms with Gasteiger partial charge in [0, 0.05) is 18.7 Å². The number of methoxy groups -OCH3 is 1. The van der Waals surface area contributed by atoms with Crippen molar-refractivity contribution >= 4 is 39.4 Å². The molecule has 11 heteroatoms. The van der Waals surface area contributed by atoms with Gasteiger partial charge in [-0.05, 0) is 55.3 Å². The number of hydrogen-bond acceptors (Lipinski definition) is 7. The standard InChI is InChI=1S/C21H21ClN2O7S/c1-30-16-7-4-14(5-8-16)20(26)23-19(25)13-31-21(27)15-6-9-17(22)18(12-15)32(28,29)24-10-2-3-11-24/h4-9,12H,2-3,10-11,13H2,1H3,(H,23,25,26). The second-order valence-corrected chi connectivity index (χ2v) is 9.25. The molecule has 170 valence electrons. The minimum absolute atomic E-state index is 0.0173. The van der Waals surface area contributed by atoms with E-state index in [1.54, 1.807) is 12.1 Å². The number of halogens is 1. The largest absolute Gasteiger partial charge is 0.497 e. The summed E-state index contributed by atoms with van der Waals surface area (Å²) in [6.45, 7) is 0.0447. The van der Waals surface area contributed by atoms with Gasteiger partial charge >= 0.3 is 5.97 Å². The van der Waals surface area contributed by atoms with Crippen LogP contribution in [0.5, 0.6) is 5.75 Å². The van der Waals surface area contributed by atoms with Crippen LogP contribution in [-0.2, 0) is 19.6 Å². The molecule has 3 rings (SSSR count). The fourth-order valence-corrected chi connectivity index (χ4v) is 5.10. The molecule has 1 fully saturated rings. The average molecular weight is 481 g/mol. The zero-order valence-corrected chi connectivity index (χ0v) is 18.7. The van der Waals surface area contributed by atoms with E-state index in [-0.39, 0.29) is 21.0 Å². The summed E-state index contributed by atoms with van der Waals surface area (Å²) < 4.78 is 36.8. The van der Waals surface area contributed by atoms with E-state index in [0.29, 0.717) is 18.8 Å². The Labute approximate surface area is 190 Å². The highest BCUT2D eigenvalue weighted by Crippen LogP contribution is 2.28. The van der Waals surface area contributed by atoms with Crippen molar-refractivity contribution in [1.82, 2.24) is 9.62 Å². The van der Waals surface area contributed by atoms with Gasteiger partial charge in [0.05, 0.1) is 17.7 Å². The van der Waals surface area contributed by atoms with E-state index in [1.807, 2.05) is 0 Å². The van der Waals surface area contributed by atoms with Gasteiger partial charge in [-0.2, -0.15) is 4.31 Å². The predicted molar refractivity (Wildman–Crippen MR) is 115 cm³/mol. The number of imide groups is 1. The van der Waals surface area contributed by atoms with Crippen LogP contribution in [0.15, 0.2) is 47.4 Å². The van der Waals surface area contributed by atoms with Crippen molar-refractivity contribution in [2.75, 3.05) is 26.8 Å². The number of benzene rings is 2. The van der Waals surface area contributed by atoms with Crippen molar-refractivity contribution in [2.24, 2.45) is 0 Å². The van der Waals surface area contributed by atoms with Crippen LogP contribution in [0.25, 0.3) is 0 Å². The van der Waals surface area contributed by atoms with Gasteiger partial charge in [0.15, 0.2) is 6.61 Å². The Balaban J connectivity index is 1.62. The summed E-state index contributed by atoms with van der Waals surface area (Å²) in [7, 11) is -2.36. The lowest BCUT2D eigenvalue weighted by Gasteiger charge is -2.17. The van der Waals surface area contributed by atoms with Gasteiger partial charge in [-0.1, -0.05) is 11.6 Å². The van der Waals surface area contributed by atoms with Crippen LogP contribution in [0.4, 0.5) is 0 Å². The van der Waals surface area contributed by atoms with Crippen molar-refractivity contribution in [3.05, 3.63) is 58.6 Å². The maximum atomic E-state index is 12.8. The highest BCUT2D eigenvalue weighted by molar-refractivity contribution is 7.89. The van der Waals surface area contributed by atoms with Crippen molar-refractivity contribution in [3.8, 4) is 5.75 Å². The lowest BCUT2D eigenvalue weighted by molar-refractivity contribution is -0.123. The first-order valence-electron chi connectivity index (χ1n) is 9.67. The molecule has 0 aliphatic carbocycles. The number of hydrogen-bond donors (Lipinski definition) is 1. The molecular formula is C21H21ClN2O7S. The molecule has 0 atom stereocenters. The minimum Gasteiger partial charge on any atom is -0.497 e. The third kappa shape index (κ3) is 5.45. The van der Waals surface area contributed by atoms with Gasteiger partial charge in [-0.25, -0.2) is 13.2 Å². The first-order valence-corrected chi connectivity index (χ1v) is 11.5. The minimum atomic E-state index is -3.85. The van der Waals surface area contributed by atoms with Gasteiger partial charge < -0.3 is 9.47 Å². The number of sulfonamides is 1. The molecule has 0 unspecified atom stereocenters. The molecule has 0 bridgehead atoms. The summed E-state index contributed by atoms with van der Waals surface area (Å²) in [5, 5.41) is 2.09. The van der Waals surface area contributed by atoms with E-state index in [2.05, 4.69) is 5.32 Å². The number of nitrogens with one attached hydrogen (secondary N) is 1. The molecule has 0 spiro atoms. The van der Waals surface area contributed by atoms with E-state index in [9.17, 15) is 22.8 Å². The molecule has 0 aromatic heterocycles. The van der Waals surface area contributed by atoms with Gasteiger partial charge in [-0.3, -0.25) is 14.9 Å². The SMILES string of the molecule is COc1ccc(C(=O)NC(=O)COC(=O)c2ccc(Cl)c(S(=O)(=O)N3CCCC3)c2)cc1. The first kappa shape index (κ1) is 23.7. The number of carbonyl (C=O) groups is 3. The Morgan fingerprint density at radius 3 is 2.28 bits per heavy atom. The van der Waals surface area contributed by atoms with Crippen molar-refractivity contribution in [3.63, 3.8) is 0 Å². The van der Waals surface area contributed by atoms with Gasteiger partial charge in [-0.15, -0.1) is 0 Å². The van der Waals surface area contributed by atoms with Crippen LogP contribution in [0, 0.1) is 0 Å². The normalized spacial score (nSPS) is 14.1. The van der Waals surface area contributed by atoms with E-state index in [4.69, 9.17) is 21.1 Å². The number of ether oxygens (including phenoxy) is 2. The number of rotatable bonds is 7. The van der Waals surface area contributed by atoms with Gasteiger partial charge in [0.25, 0.3) is 11.8 Å². The van der Waals surface area contributed by atoms with Crippen LogP contribution >= 0.6 is 11.6 Å². The fraction of sp³-hybridized carbons (Fsp3) is 0.286. The summed E-state index contributed by atoms with van der Waals surface area (Å²) in [6.07, 6.45) is 1.51. The zero-order chi connectivity index (χ0) is 23.3.